The predicted octanol–water partition coefficient (Wildman–Crippen LogP) is 3.46. The van der Waals surface area contributed by atoms with Crippen LogP contribution in [-0.2, 0) is 19.6 Å². The molecule has 3 aromatic carbocycles. The summed E-state index contributed by atoms with van der Waals surface area (Å²) < 4.78 is 33.4. The number of sulfonamides is 1. The van der Waals surface area contributed by atoms with Crippen molar-refractivity contribution in [2.45, 2.75) is 24.3 Å². The molecule has 0 saturated heterocycles. The number of ether oxygens (including phenoxy) is 2. The molecule has 0 saturated carbocycles. The van der Waals surface area contributed by atoms with Crippen LogP contribution in [-0.4, -0.2) is 43.5 Å². The lowest BCUT2D eigenvalue weighted by atomic mass is 10.2. The molecular weight excluding hydrogens is 484 g/mol. The average molecular weight is 509 g/mol. The van der Waals surface area contributed by atoms with Crippen molar-refractivity contribution in [1.82, 2.24) is 9.97 Å². The molecule has 1 unspecified atom stereocenters. The van der Waals surface area contributed by atoms with E-state index in [2.05, 4.69) is 15.3 Å². The number of hydrogen-bond acceptors (Lipinski definition) is 7. The topological polar surface area (TPSA) is 153 Å². The Morgan fingerprint density at radius 2 is 1.75 bits per heavy atom. The van der Waals surface area contributed by atoms with Gasteiger partial charge in [0.2, 0.25) is 10.0 Å². The van der Waals surface area contributed by atoms with Crippen molar-refractivity contribution in [2.24, 2.45) is 5.14 Å². The predicted molar refractivity (Wildman–Crippen MR) is 134 cm³/mol. The van der Waals surface area contributed by atoms with Crippen LogP contribution in [0.25, 0.3) is 22.4 Å². The molecule has 1 heterocycles. The number of H-pyrrole nitrogens is 1. The van der Waals surface area contributed by atoms with Gasteiger partial charge in [-0.05, 0) is 73.2 Å². The number of carbonyl (C=O) groups excluding carboxylic acids is 2. The van der Waals surface area contributed by atoms with Crippen molar-refractivity contribution in [2.75, 3.05) is 12.4 Å². The van der Waals surface area contributed by atoms with Crippen LogP contribution in [0.4, 0.5) is 5.69 Å². The zero-order valence-corrected chi connectivity index (χ0v) is 20.3. The van der Waals surface area contributed by atoms with Crippen LogP contribution in [0.1, 0.15) is 23.7 Å². The van der Waals surface area contributed by atoms with Crippen molar-refractivity contribution >= 4 is 38.6 Å². The summed E-state index contributed by atoms with van der Waals surface area (Å²) in [5.74, 6) is 0.162. The lowest BCUT2D eigenvalue weighted by molar-refractivity contribution is -0.124. The third-order valence-electron chi connectivity index (χ3n) is 5.44. The molecule has 4 rings (SSSR count). The fraction of sp³-hybridized carbons (Fsp3) is 0.160. The third-order valence-corrected chi connectivity index (χ3v) is 6.37. The van der Waals surface area contributed by atoms with Crippen LogP contribution in [0.3, 0.4) is 0 Å². The number of fused-ring (bicyclic) bond motifs is 1. The molecule has 1 atom stereocenters. The number of nitrogens with two attached hydrogens (primary N) is 1. The first-order chi connectivity index (χ1) is 17.2. The number of nitrogens with one attached hydrogen (secondary N) is 2. The van der Waals surface area contributed by atoms with Gasteiger partial charge in [-0.15, -0.1) is 0 Å². The molecular formula is C25H24N4O6S. The van der Waals surface area contributed by atoms with Crippen LogP contribution < -0.4 is 15.2 Å². The minimum Gasteiger partial charge on any atom is -0.497 e. The van der Waals surface area contributed by atoms with Crippen LogP contribution in [0.2, 0.25) is 0 Å². The number of esters is 1. The van der Waals surface area contributed by atoms with E-state index >= 15 is 0 Å². The first-order valence-corrected chi connectivity index (χ1v) is 12.5. The number of benzene rings is 3. The second kappa shape index (κ2) is 10.2. The summed E-state index contributed by atoms with van der Waals surface area (Å²) in [7, 11) is -2.25. The summed E-state index contributed by atoms with van der Waals surface area (Å²) in [5, 5.41) is 7.69. The molecule has 0 aliphatic rings. The first-order valence-electron chi connectivity index (χ1n) is 11.0. The molecule has 0 aliphatic carbocycles. The maximum absolute atomic E-state index is 12.8. The normalized spacial score (nSPS) is 12.2. The number of nitrogens with zero attached hydrogens (tertiary/aromatic N) is 1. The number of anilines is 1. The minimum atomic E-state index is -3.84. The summed E-state index contributed by atoms with van der Waals surface area (Å²) in [6, 6.07) is 17.7. The Bertz CT molecular complexity index is 1510. The smallest absolute Gasteiger partial charge is 0.338 e. The molecule has 4 N–H and O–H groups in total. The third kappa shape index (κ3) is 5.53. The molecule has 0 radical (unpaired) electrons. The van der Waals surface area contributed by atoms with E-state index < -0.39 is 28.0 Å². The van der Waals surface area contributed by atoms with Gasteiger partial charge in [0.25, 0.3) is 5.91 Å². The number of rotatable bonds is 8. The number of primary sulfonamides is 1. The zero-order valence-electron chi connectivity index (χ0n) is 19.5. The van der Waals surface area contributed by atoms with E-state index in [0.717, 1.165) is 11.3 Å². The van der Waals surface area contributed by atoms with E-state index in [0.29, 0.717) is 22.5 Å². The number of hydrogen-bond donors (Lipinski definition) is 3. The molecule has 4 aromatic rings. The molecule has 10 nitrogen and oxygen atoms in total. The van der Waals surface area contributed by atoms with E-state index in [-0.39, 0.29) is 16.9 Å². The standard InChI is InChI=1S/C25H24N4O6S/c1-3-22(24(30)27-17-7-11-19(12-8-17)36(26,32)33)35-25(31)16-6-13-20-21(14-16)29-23(28-20)15-4-9-18(34-2)10-5-15/h4-14,22H,3H2,1-2H3,(H,27,30)(H,28,29)(H2,26,32,33). The largest absolute Gasteiger partial charge is 0.497 e. The molecule has 36 heavy (non-hydrogen) atoms. The monoisotopic (exact) mass is 508 g/mol. The van der Waals surface area contributed by atoms with Gasteiger partial charge in [0.1, 0.15) is 11.6 Å². The van der Waals surface area contributed by atoms with Crippen molar-refractivity contribution < 1.29 is 27.5 Å². The van der Waals surface area contributed by atoms with Gasteiger partial charge in [-0.2, -0.15) is 0 Å². The van der Waals surface area contributed by atoms with Gasteiger partial charge in [0.15, 0.2) is 6.10 Å². The number of carbonyl (C=O) groups is 2. The Morgan fingerprint density at radius 3 is 2.36 bits per heavy atom. The van der Waals surface area contributed by atoms with Gasteiger partial charge in [-0.1, -0.05) is 6.92 Å². The molecule has 186 valence electrons. The number of amides is 1. The fourth-order valence-corrected chi connectivity index (χ4v) is 4.01. The van der Waals surface area contributed by atoms with Crippen molar-refractivity contribution in [3.63, 3.8) is 0 Å². The first kappa shape index (κ1) is 24.9. The SMILES string of the molecule is CCC(OC(=O)c1ccc2nc(-c3ccc(OC)cc3)[nH]c2c1)C(=O)Nc1ccc(S(N)(=O)=O)cc1. The van der Waals surface area contributed by atoms with Crippen LogP contribution in [0.5, 0.6) is 5.75 Å². The second-order valence-electron chi connectivity index (χ2n) is 7.91. The number of imidazole rings is 1. The Morgan fingerprint density at radius 1 is 1.06 bits per heavy atom. The maximum Gasteiger partial charge on any atom is 0.338 e. The highest BCUT2D eigenvalue weighted by molar-refractivity contribution is 7.89. The van der Waals surface area contributed by atoms with Crippen molar-refractivity contribution in [1.29, 1.82) is 0 Å². The fourth-order valence-electron chi connectivity index (χ4n) is 3.49. The number of aromatic amines is 1. The summed E-state index contributed by atoms with van der Waals surface area (Å²) >= 11 is 0. The Labute approximate surface area is 207 Å². The van der Waals surface area contributed by atoms with E-state index in [1.807, 2.05) is 24.3 Å². The Hall–Kier alpha value is -4.22. The van der Waals surface area contributed by atoms with Gasteiger partial charge < -0.3 is 19.8 Å². The molecule has 1 amide bonds. The van der Waals surface area contributed by atoms with E-state index in [1.165, 1.54) is 24.3 Å². The van der Waals surface area contributed by atoms with Crippen molar-refractivity contribution in [3.8, 4) is 17.1 Å². The number of methoxy groups -OCH3 is 1. The van der Waals surface area contributed by atoms with Crippen LogP contribution >= 0.6 is 0 Å². The highest BCUT2D eigenvalue weighted by Gasteiger charge is 2.23. The summed E-state index contributed by atoms with van der Waals surface area (Å²) in [6.07, 6.45) is -0.816. The average Bonchev–Trinajstić information content (AvgIpc) is 3.30. The molecule has 0 aliphatic heterocycles. The van der Waals surface area contributed by atoms with E-state index in [9.17, 15) is 18.0 Å². The lowest BCUT2D eigenvalue weighted by Gasteiger charge is -2.16. The zero-order chi connectivity index (χ0) is 25.9. The molecule has 0 bridgehead atoms. The summed E-state index contributed by atoms with van der Waals surface area (Å²) in [6.45, 7) is 1.71. The lowest BCUT2D eigenvalue weighted by Crippen LogP contribution is -2.32. The van der Waals surface area contributed by atoms with Crippen molar-refractivity contribution in [3.05, 3.63) is 72.3 Å². The van der Waals surface area contributed by atoms with Crippen LogP contribution in [0.15, 0.2) is 71.6 Å². The molecule has 11 heteroatoms. The maximum atomic E-state index is 12.8. The number of aromatic nitrogens is 2. The second-order valence-corrected chi connectivity index (χ2v) is 9.47. The Kier molecular flexibility index (Phi) is 7.04. The highest BCUT2D eigenvalue weighted by atomic mass is 32.2. The van der Waals surface area contributed by atoms with E-state index in [1.54, 1.807) is 32.2 Å². The summed E-state index contributed by atoms with van der Waals surface area (Å²) in [4.78, 5) is 33.1. The summed E-state index contributed by atoms with van der Waals surface area (Å²) in [5.41, 5.74) is 2.77. The van der Waals surface area contributed by atoms with Gasteiger partial charge >= 0.3 is 5.97 Å². The molecule has 0 spiro atoms. The van der Waals surface area contributed by atoms with Crippen LogP contribution in [0, 0.1) is 0 Å². The Balaban J connectivity index is 1.46. The minimum absolute atomic E-state index is 0.0803. The molecule has 1 aromatic heterocycles. The quantitative estimate of drug-likeness (QED) is 0.308. The van der Waals surface area contributed by atoms with E-state index in [4.69, 9.17) is 14.6 Å². The van der Waals surface area contributed by atoms with Gasteiger partial charge in [-0.25, -0.2) is 23.3 Å². The van der Waals surface area contributed by atoms with Gasteiger partial charge in [-0.3, -0.25) is 4.79 Å². The van der Waals surface area contributed by atoms with Gasteiger partial charge in [0, 0.05) is 11.3 Å². The highest BCUT2D eigenvalue weighted by Crippen LogP contribution is 2.24. The molecule has 0 fully saturated rings. The van der Waals surface area contributed by atoms with Gasteiger partial charge in [0.05, 0.1) is 28.6 Å².